The molecule has 36 heavy (non-hydrogen) atoms. The number of benzene rings is 1. The zero-order valence-electron chi connectivity index (χ0n) is 21.5. The highest BCUT2D eigenvalue weighted by Crippen LogP contribution is 2.34. The molecule has 0 saturated carbocycles. The number of pyridine rings is 1. The summed E-state index contributed by atoms with van der Waals surface area (Å²) in [5.74, 6) is -0.0400. The summed E-state index contributed by atoms with van der Waals surface area (Å²) in [5, 5.41) is 11.0. The molecule has 1 aliphatic rings. The van der Waals surface area contributed by atoms with Crippen LogP contribution in [-0.4, -0.2) is 49.8 Å². The minimum atomic E-state index is -0.249. The third-order valence-corrected chi connectivity index (χ3v) is 6.71. The predicted octanol–water partition coefficient (Wildman–Crippen LogP) is 4.23. The number of aryl methyl sites for hydroxylation is 1. The first kappa shape index (κ1) is 25.3. The van der Waals surface area contributed by atoms with Gasteiger partial charge in [-0.15, -0.1) is 5.10 Å². The van der Waals surface area contributed by atoms with Crippen molar-refractivity contribution in [3.8, 4) is 11.1 Å². The topological polar surface area (TPSA) is 93.0 Å². The fourth-order valence-corrected chi connectivity index (χ4v) is 4.58. The van der Waals surface area contributed by atoms with Gasteiger partial charge >= 0.3 is 0 Å². The minimum Gasteiger partial charge on any atom is -0.347 e. The molecule has 2 amide bonds. The molecule has 188 valence electrons. The third-order valence-electron chi connectivity index (χ3n) is 6.71. The molecule has 0 bridgehead atoms. The van der Waals surface area contributed by atoms with Gasteiger partial charge in [-0.1, -0.05) is 30.0 Å². The van der Waals surface area contributed by atoms with Crippen LogP contribution >= 0.6 is 0 Å². The fraction of sp³-hybridized carbons (Fsp3) is 0.393. The Bertz CT molecular complexity index is 1270. The highest BCUT2D eigenvalue weighted by molar-refractivity contribution is 5.91. The molecule has 3 heterocycles. The van der Waals surface area contributed by atoms with Crippen molar-refractivity contribution in [3.63, 3.8) is 0 Å². The van der Waals surface area contributed by atoms with E-state index in [1.54, 1.807) is 10.9 Å². The highest BCUT2D eigenvalue weighted by Gasteiger charge is 2.26. The normalized spacial score (nSPS) is 16.0. The van der Waals surface area contributed by atoms with Gasteiger partial charge in [-0.3, -0.25) is 14.6 Å². The van der Waals surface area contributed by atoms with E-state index >= 15 is 0 Å². The quantitative estimate of drug-likeness (QED) is 0.527. The van der Waals surface area contributed by atoms with Crippen LogP contribution in [0, 0.1) is 6.92 Å². The van der Waals surface area contributed by atoms with Gasteiger partial charge in [-0.25, -0.2) is 4.68 Å². The molecule has 3 aromatic rings. The van der Waals surface area contributed by atoms with E-state index in [0.29, 0.717) is 18.8 Å². The lowest BCUT2D eigenvalue weighted by molar-refractivity contribution is -0.127. The number of hydrogen-bond acceptors (Lipinski definition) is 5. The van der Waals surface area contributed by atoms with E-state index in [1.807, 2.05) is 51.1 Å². The lowest BCUT2D eigenvalue weighted by Crippen LogP contribution is -2.38. The van der Waals surface area contributed by atoms with Crippen molar-refractivity contribution in [1.82, 2.24) is 30.2 Å². The molecule has 0 aliphatic carbocycles. The third kappa shape index (κ3) is 5.53. The van der Waals surface area contributed by atoms with E-state index in [9.17, 15) is 9.59 Å². The Kier molecular flexibility index (Phi) is 7.33. The van der Waals surface area contributed by atoms with Crippen LogP contribution in [0.1, 0.15) is 66.7 Å². The molecule has 1 fully saturated rings. The maximum atomic E-state index is 12.6. The number of nitrogens with zero attached hydrogens (tertiary/aromatic N) is 5. The monoisotopic (exact) mass is 486 g/mol. The maximum Gasteiger partial charge on any atom is 0.273 e. The Morgan fingerprint density at radius 3 is 2.75 bits per heavy atom. The molecule has 2 aromatic heterocycles. The summed E-state index contributed by atoms with van der Waals surface area (Å²) in [6, 6.07) is 8.32. The number of carbonyl (C=O) groups excluding carboxylic acids is 2. The number of amides is 2. The van der Waals surface area contributed by atoms with Gasteiger partial charge in [0.2, 0.25) is 5.91 Å². The van der Waals surface area contributed by atoms with Gasteiger partial charge in [0.15, 0.2) is 5.69 Å². The van der Waals surface area contributed by atoms with Gasteiger partial charge in [-0.05, 0) is 80.5 Å². The van der Waals surface area contributed by atoms with Gasteiger partial charge < -0.3 is 10.2 Å². The Balaban J connectivity index is 1.49. The van der Waals surface area contributed by atoms with Crippen molar-refractivity contribution >= 4 is 11.8 Å². The molecule has 0 radical (unpaired) electrons. The van der Waals surface area contributed by atoms with Crippen LogP contribution < -0.4 is 5.32 Å². The van der Waals surface area contributed by atoms with Crippen molar-refractivity contribution in [3.05, 3.63) is 77.9 Å². The standard InChI is InChI=1S/C28H34N6O2/c1-6-26(35)33-13-7-8-22(17-33)24-16-29-12-11-23(24)20-9-10-21(19(2)14-20)15-30-27(36)25-18-34(32-31-25)28(3,4)5/h6,9-12,14,16,18,22H,1,7-8,13,15,17H2,2-5H3,(H,30,36)/t22-/m0/s1. The van der Waals surface area contributed by atoms with E-state index in [1.165, 1.54) is 6.08 Å². The first-order chi connectivity index (χ1) is 17.2. The van der Waals surface area contributed by atoms with Crippen LogP contribution in [0.15, 0.2) is 55.5 Å². The first-order valence-corrected chi connectivity index (χ1v) is 12.3. The summed E-state index contributed by atoms with van der Waals surface area (Å²) in [6.07, 6.45) is 8.77. The number of piperidine rings is 1. The Labute approximate surface area is 212 Å². The molecular weight excluding hydrogens is 452 g/mol. The second-order valence-corrected chi connectivity index (χ2v) is 10.3. The summed E-state index contributed by atoms with van der Waals surface area (Å²) in [7, 11) is 0. The largest absolute Gasteiger partial charge is 0.347 e. The Morgan fingerprint density at radius 1 is 1.25 bits per heavy atom. The summed E-state index contributed by atoms with van der Waals surface area (Å²) in [6.45, 7) is 13.5. The molecule has 1 atom stereocenters. The molecule has 8 nitrogen and oxygen atoms in total. The molecular formula is C28H34N6O2. The van der Waals surface area contributed by atoms with Crippen molar-refractivity contribution in [2.24, 2.45) is 0 Å². The number of rotatable bonds is 6. The lowest BCUT2D eigenvalue weighted by Gasteiger charge is -2.33. The van der Waals surface area contributed by atoms with Crippen LogP contribution in [-0.2, 0) is 16.9 Å². The number of hydrogen-bond donors (Lipinski definition) is 1. The molecule has 8 heteroatoms. The van der Waals surface area contributed by atoms with E-state index in [4.69, 9.17) is 0 Å². The second kappa shape index (κ2) is 10.4. The van der Waals surface area contributed by atoms with E-state index in [0.717, 1.165) is 47.2 Å². The number of carbonyl (C=O) groups is 2. The zero-order chi connectivity index (χ0) is 25.9. The van der Waals surface area contributed by atoms with E-state index in [-0.39, 0.29) is 23.3 Å². The SMILES string of the molecule is C=CC(=O)N1CCC[C@H](c2cnccc2-c2ccc(CNC(=O)c3cn(C(C)(C)C)nn3)c(C)c2)C1. The maximum absolute atomic E-state index is 12.6. The summed E-state index contributed by atoms with van der Waals surface area (Å²) in [5.41, 5.74) is 5.56. The van der Waals surface area contributed by atoms with Crippen molar-refractivity contribution < 1.29 is 9.59 Å². The molecule has 4 rings (SSSR count). The van der Waals surface area contributed by atoms with Gasteiger partial charge in [-0.2, -0.15) is 0 Å². The van der Waals surface area contributed by atoms with Crippen LogP contribution in [0.4, 0.5) is 0 Å². The Hall–Kier alpha value is -3.81. The van der Waals surface area contributed by atoms with Gasteiger partial charge in [0, 0.05) is 37.9 Å². The predicted molar refractivity (Wildman–Crippen MR) is 139 cm³/mol. The number of aromatic nitrogens is 4. The smallest absolute Gasteiger partial charge is 0.273 e. The van der Waals surface area contributed by atoms with Crippen molar-refractivity contribution in [1.29, 1.82) is 0 Å². The first-order valence-electron chi connectivity index (χ1n) is 12.3. The van der Waals surface area contributed by atoms with E-state index in [2.05, 4.69) is 45.4 Å². The van der Waals surface area contributed by atoms with Gasteiger partial charge in [0.1, 0.15) is 0 Å². The average Bonchev–Trinajstić information content (AvgIpc) is 3.39. The van der Waals surface area contributed by atoms with E-state index < -0.39 is 0 Å². The average molecular weight is 487 g/mol. The summed E-state index contributed by atoms with van der Waals surface area (Å²) >= 11 is 0. The summed E-state index contributed by atoms with van der Waals surface area (Å²) in [4.78, 5) is 31.0. The van der Waals surface area contributed by atoms with Crippen molar-refractivity contribution in [2.75, 3.05) is 13.1 Å². The van der Waals surface area contributed by atoms with Crippen LogP contribution in [0.5, 0.6) is 0 Å². The number of nitrogens with one attached hydrogen (secondary N) is 1. The molecule has 0 spiro atoms. The van der Waals surface area contributed by atoms with Gasteiger partial charge in [0.25, 0.3) is 5.91 Å². The van der Waals surface area contributed by atoms with Crippen molar-refractivity contribution in [2.45, 2.75) is 58.5 Å². The minimum absolute atomic E-state index is 0.0201. The summed E-state index contributed by atoms with van der Waals surface area (Å²) < 4.78 is 1.69. The molecule has 1 aliphatic heterocycles. The highest BCUT2D eigenvalue weighted by atomic mass is 16.2. The molecule has 1 aromatic carbocycles. The van der Waals surface area contributed by atoms with Crippen LogP contribution in [0.25, 0.3) is 11.1 Å². The van der Waals surface area contributed by atoms with Gasteiger partial charge in [0.05, 0.1) is 11.7 Å². The van der Waals surface area contributed by atoms with Crippen LogP contribution in [0.3, 0.4) is 0 Å². The molecule has 1 saturated heterocycles. The van der Waals surface area contributed by atoms with Crippen LogP contribution in [0.2, 0.25) is 0 Å². The molecule has 1 N–H and O–H groups in total. The second-order valence-electron chi connectivity index (χ2n) is 10.3. The Morgan fingerprint density at radius 2 is 2.06 bits per heavy atom. The number of likely N-dealkylation sites (tertiary alicyclic amines) is 1. The molecule has 0 unspecified atom stereocenters. The fourth-order valence-electron chi connectivity index (χ4n) is 4.58. The lowest BCUT2D eigenvalue weighted by atomic mass is 9.86. The zero-order valence-corrected chi connectivity index (χ0v) is 21.5.